The van der Waals surface area contributed by atoms with Gasteiger partial charge in [0.1, 0.15) is 0 Å². The van der Waals surface area contributed by atoms with Gasteiger partial charge in [-0.1, -0.05) is 42.5 Å². The van der Waals surface area contributed by atoms with Crippen molar-refractivity contribution in [3.05, 3.63) is 77.4 Å². The summed E-state index contributed by atoms with van der Waals surface area (Å²) in [5.41, 5.74) is 2.56. The van der Waals surface area contributed by atoms with Crippen LogP contribution in [0.1, 0.15) is 22.7 Å². The quantitative estimate of drug-likeness (QED) is 0.619. The van der Waals surface area contributed by atoms with Crippen LogP contribution in [-0.4, -0.2) is 0 Å². The van der Waals surface area contributed by atoms with Crippen molar-refractivity contribution in [3.8, 4) is 0 Å². The molecule has 4 rings (SSSR count). The normalized spacial score (nSPS) is 17.1. The van der Waals surface area contributed by atoms with Gasteiger partial charge in [0.05, 0.1) is 11.6 Å². The number of nitrogens with one attached hydrogen (secondary N) is 1. The summed E-state index contributed by atoms with van der Waals surface area (Å²) in [5, 5.41) is 5.80. The Balaban J connectivity index is 1.67. The lowest BCUT2D eigenvalue weighted by Gasteiger charge is -2.13. The zero-order chi connectivity index (χ0) is 16.0. The first-order valence-electron chi connectivity index (χ1n) is 7.47. The first-order valence-corrected chi connectivity index (χ1v) is 7.47. The molecule has 3 aromatic rings. The minimum absolute atomic E-state index is 0.0121. The molecular weight excluding hydrogens is 299 g/mol. The lowest BCUT2D eigenvalue weighted by molar-refractivity contribution is -0.137. The summed E-state index contributed by atoms with van der Waals surface area (Å²) in [6.07, 6.45) is -3.51. The van der Waals surface area contributed by atoms with E-state index in [2.05, 4.69) is 23.5 Å². The molecule has 1 aliphatic heterocycles. The van der Waals surface area contributed by atoms with Crippen molar-refractivity contribution in [1.82, 2.24) is 0 Å². The van der Waals surface area contributed by atoms with Gasteiger partial charge in [-0.2, -0.15) is 13.2 Å². The fourth-order valence-electron chi connectivity index (χ4n) is 3.24. The molecule has 0 aliphatic carbocycles. The molecular formula is C19H14F3N. The second-order valence-electron chi connectivity index (χ2n) is 5.83. The molecule has 0 aromatic heterocycles. The Labute approximate surface area is 131 Å². The van der Waals surface area contributed by atoms with E-state index in [4.69, 9.17) is 0 Å². The van der Waals surface area contributed by atoms with Crippen molar-refractivity contribution in [2.24, 2.45) is 0 Å². The molecule has 1 nitrogen and oxygen atoms in total. The Morgan fingerprint density at radius 1 is 0.870 bits per heavy atom. The van der Waals surface area contributed by atoms with Crippen LogP contribution in [-0.2, 0) is 12.6 Å². The van der Waals surface area contributed by atoms with E-state index in [1.165, 1.54) is 16.3 Å². The van der Waals surface area contributed by atoms with Crippen molar-refractivity contribution in [2.45, 2.75) is 18.6 Å². The largest absolute Gasteiger partial charge is 0.416 e. The number of alkyl halides is 3. The lowest BCUT2D eigenvalue weighted by Crippen LogP contribution is -2.08. The highest BCUT2D eigenvalue weighted by atomic mass is 19.4. The van der Waals surface area contributed by atoms with E-state index >= 15 is 0 Å². The molecule has 0 spiro atoms. The second-order valence-corrected chi connectivity index (χ2v) is 5.83. The monoisotopic (exact) mass is 313 g/mol. The third-order valence-electron chi connectivity index (χ3n) is 4.42. The van der Waals surface area contributed by atoms with Gasteiger partial charge in [0.25, 0.3) is 0 Å². The molecule has 1 atom stereocenters. The molecule has 23 heavy (non-hydrogen) atoms. The van der Waals surface area contributed by atoms with Crippen molar-refractivity contribution in [3.63, 3.8) is 0 Å². The van der Waals surface area contributed by atoms with Gasteiger partial charge in [-0.05, 0) is 46.5 Å². The molecule has 3 aromatic carbocycles. The molecule has 0 amide bonds. The number of anilines is 1. The Morgan fingerprint density at radius 2 is 1.61 bits per heavy atom. The maximum absolute atomic E-state index is 12.7. The van der Waals surface area contributed by atoms with Gasteiger partial charge >= 0.3 is 6.18 Å². The number of hydrogen-bond acceptors (Lipinski definition) is 1. The van der Waals surface area contributed by atoms with Crippen LogP contribution < -0.4 is 5.32 Å². The Kier molecular flexibility index (Phi) is 3.08. The molecule has 4 heteroatoms. The zero-order valence-electron chi connectivity index (χ0n) is 12.2. The predicted molar refractivity (Wildman–Crippen MR) is 85.5 cm³/mol. The SMILES string of the molecule is FC(F)(F)c1ccc(C2Cc3c(ccc4ccccc34)N2)cc1. The van der Waals surface area contributed by atoms with E-state index in [-0.39, 0.29) is 6.04 Å². The molecule has 0 fully saturated rings. The molecule has 116 valence electrons. The molecule has 1 aliphatic rings. The first kappa shape index (κ1) is 14.1. The van der Waals surface area contributed by atoms with E-state index < -0.39 is 11.7 Å². The predicted octanol–water partition coefficient (Wildman–Crippen LogP) is 5.57. The van der Waals surface area contributed by atoms with Crippen molar-refractivity contribution in [1.29, 1.82) is 0 Å². The Morgan fingerprint density at radius 3 is 2.35 bits per heavy atom. The lowest BCUT2D eigenvalue weighted by atomic mass is 9.98. The van der Waals surface area contributed by atoms with Crippen LogP contribution in [0, 0.1) is 0 Å². The van der Waals surface area contributed by atoms with Gasteiger partial charge in [0.15, 0.2) is 0 Å². The van der Waals surface area contributed by atoms with Crippen LogP contribution in [0.4, 0.5) is 18.9 Å². The number of hydrogen-bond donors (Lipinski definition) is 1. The standard InChI is InChI=1S/C19H14F3N/c20-19(21,22)14-8-5-13(6-9-14)18-11-16-15-4-2-1-3-12(15)7-10-17(16)23-18/h1-10,18,23H,11H2. The van der Waals surface area contributed by atoms with E-state index in [0.29, 0.717) is 0 Å². The van der Waals surface area contributed by atoms with Gasteiger partial charge in [0.2, 0.25) is 0 Å². The molecule has 0 saturated carbocycles. The van der Waals surface area contributed by atoms with Crippen LogP contribution in [0.5, 0.6) is 0 Å². The Bertz CT molecular complexity index is 866. The van der Waals surface area contributed by atoms with Gasteiger partial charge in [-0.3, -0.25) is 0 Å². The van der Waals surface area contributed by atoms with Crippen molar-refractivity contribution in [2.75, 3.05) is 5.32 Å². The molecule has 0 radical (unpaired) electrons. The highest BCUT2D eigenvalue weighted by molar-refractivity contribution is 5.91. The molecule has 0 bridgehead atoms. The van der Waals surface area contributed by atoms with Gasteiger partial charge in [0, 0.05) is 5.69 Å². The average molecular weight is 313 g/mol. The van der Waals surface area contributed by atoms with E-state index in [0.717, 1.165) is 29.8 Å². The second kappa shape index (κ2) is 5.01. The zero-order valence-corrected chi connectivity index (χ0v) is 12.2. The Hall–Kier alpha value is -2.49. The number of halogens is 3. The minimum atomic E-state index is -4.29. The maximum Gasteiger partial charge on any atom is 0.416 e. The van der Waals surface area contributed by atoms with E-state index in [1.807, 2.05) is 18.2 Å². The van der Waals surface area contributed by atoms with Gasteiger partial charge in [-0.25, -0.2) is 0 Å². The average Bonchev–Trinajstić information content (AvgIpc) is 2.99. The van der Waals surface area contributed by atoms with Crippen LogP contribution in [0.3, 0.4) is 0 Å². The highest BCUT2D eigenvalue weighted by Crippen LogP contribution is 2.39. The van der Waals surface area contributed by atoms with Crippen molar-refractivity contribution < 1.29 is 13.2 Å². The fraction of sp³-hybridized carbons (Fsp3) is 0.158. The van der Waals surface area contributed by atoms with E-state index in [9.17, 15) is 13.2 Å². The number of benzene rings is 3. The van der Waals surface area contributed by atoms with Crippen LogP contribution in [0.2, 0.25) is 0 Å². The van der Waals surface area contributed by atoms with Crippen LogP contribution >= 0.6 is 0 Å². The summed E-state index contributed by atoms with van der Waals surface area (Å²) in [6.45, 7) is 0. The first-order chi connectivity index (χ1) is 11.0. The molecule has 1 heterocycles. The summed E-state index contributed by atoms with van der Waals surface area (Å²) < 4.78 is 38.0. The minimum Gasteiger partial charge on any atom is -0.378 e. The summed E-state index contributed by atoms with van der Waals surface area (Å²) in [5.74, 6) is 0. The van der Waals surface area contributed by atoms with E-state index in [1.54, 1.807) is 12.1 Å². The fourth-order valence-corrected chi connectivity index (χ4v) is 3.24. The highest BCUT2D eigenvalue weighted by Gasteiger charge is 2.31. The summed E-state index contributed by atoms with van der Waals surface area (Å²) in [7, 11) is 0. The summed E-state index contributed by atoms with van der Waals surface area (Å²) in [6, 6.07) is 17.7. The van der Waals surface area contributed by atoms with Crippen molar-refractivity contribution >= 4 is 16.5 Å². The smallest absolute Gasteiger partial charge is 0.378 e. The number of rotatable bonds is 1. The van der Waals surface area contributed by atoms with Gasteiger partial charge in [-0.15, -0.1) is 0 Å². The third-order valence-corrected chi connectivity index (χ3v) is 4.42. The third kappa shape index (κ3) is 2.44. The summed E-state index contributed by atoms with van der Waals surface area (Å²) >= 11 is 0. The summed E-state index contributed by atoms with van der Waals surface area (Å²) in [4.78, 5) is 0. The van der Waals surface area contributed by atoms with Gasteiger partial charge < -0.3 is 5.32 Å². The number of fused-ring (bicyclic) bond motifs is 3. The molecule has 0 saturated heterocycles. The van der Waals surface area contributed by atoms with Crippen LogP contribution in [0.25, 0.3) is 10.8 Å². The molecule has 1 unspecified atom stereocenters. The van der Waals surface area contributed by atoms with Crippen LogP contribution in [0.15, 0.2) is 60.7 Å². The molecule has 1 N–H and O–H groups in total. The topological polar surface area (TPSA) is 12.0 Å². The maximum atomic E-state index is 12.7.